The van der Waals surface area contributed by atoms with Crippen molar-refractivity contribution in [3.8, 4) is 11.3 Å². The molecule has 0 saturated heterocycles. The van der Waals surface area contributed by atoms with Gasteiger partial charge in [-0.25, -0.2) is 8.42 Å². The van der Waals surface area contributed by atoms with Gasteiger partial charge < -0.3 is 20.5 Å². The molecule has 4 rings (SSSR count). The van der Waals surface area contributed by atoms with Gasteiger partial charge in [-0.1, -0.05) is 24.3 Å². The van der Waals surface area contributed by atoms with Crippen molar-refractivity contribution in [2.75, 3.05) is 44.4 Å². The molecule has 0 spiro atoms. The molecule has 0 unspecified atom stereocenters. The SMILES string of the molecule is C[N+](C)(CCCCS(=O)(=O)[O-])CCC[n+]1c(-c2ccccc2)c2cc(N)ccc2c2ccc(N)cc21. The number of nitrogens with two attached hydrogens (primary N) is 2. The fraction of sp³-hybridized carbons (Fsp3) is 0.321. The number of aromatic nitrogens is 1. The number of nitrogens with zero attached hydrogens (tertiary/aromatic N) is 2. The lowest BCUT2D eigenvalue weighted by Crippen LogP contribution is -2.44. The van der Waals surface area contributed by atoms with E-state index in [9.17, 15) is 13.0 Å². The van der Waals surface area contributed by atoms with Crippen molar-refractivity contribution in [1.82, 2.24) is 0 Å². The lowest BCUT2D eigenvalue weighted by molar-refractivity contribution is -0.892. The molecular formula is C28H35N4O3S+. The van der Waals surface area contributed by atoms with Crippen molar-refractivity contribution in [2.45, 2.75) is 25.8 Å². The average Bonchev–Trinajstić information content (AvgIpc) is 2.81. The van der Waals surface area contributed by atoms with E-state index < -0.39 is 10.1 Å². The Labute approximate surface area is 213 Å². The maximum atomic E-state index is 10.9. The fourth-order valence-corrected chi connectivity index (χ4v) is 5.54. The molecule has 190 valence electrons. The van der Waals surface area contributed by atoms with Gasteiger partial charge in [0.1, 0.15) is 0 Å². The van der Waals surface area contributed by atoms with E-state index in [0.29, 0.717) is 12.8 Å². The van der Waals surface area contributed by atoms with Gasteiger partial charge in [0.2, 0.25) is 11.2 Å². The van der Waals surface area contributed by atoms with Crippen molar-refractivity contribution in [2.24, 2.45) is 0 Å². The second-order valence-corrected chi connectivity index (χ2v) is 11.7. The van der Waals surface area contributed by atoms with Crippen molar-refractivity contribution >= 4 is 43.2 Å². The Hall–Kier alpha value is -3.20. The predicted octanol–water partition coefficient (Wildman–Crippen LogP) is 3.90. The summed E-state index contributed by atoms with van der Waals surface area (Å²) in [6.45, 7) is 2.50. The minimum atomic E-state index is -4.15. The Bertz CT molecular complexity index is 1490. The zero-order chi connectivity index (χ0) is 25.9. The van der Waals surface area contributed by atoms with Crippen LogP contribution >= 0.6 is 0 Å². The largest absolute Gasteiger partial charge is 0.748 e. The number of nitrogen functional groups attached to an aromatic ring is 2. The van der Waals surface area contributed by atoms with E-state index in [0.717, 1.165) is 74.8 Å². The topological polar surface area (TPSA) is 113 Å². The number of hydrogen-bond acceptors (Lipinski definition) is 5. The van der Waals surface area contributed by atoms with E-state index in [-0.39, 0.29) is 5.75 Å². The van der Waals surface area contributed by atoms with Crippen LogP contribution in [0.4, 0.5) is 11.4 Å². The number of quaternary nitrogens is 1. The molecule has 1 heterocycles. The van der Waals surface area contributed by atoms with Gasteiger partial charge in [0.05, 0.1) is 54.5 Å². The number of benzene rings is 3. The second kappa shape index (κ2) is 10.4. The first-order chi connectivity index (χ1) is 17.0. The van der Waals surface area contributed by atoms with Crippen LogP contribution in [0.15, 0.2) is 66.7 Å². The molecule has 0 aliphatic rings. The average molecular weight is 508 g/mol. The van der Waals surface area contributed by atoms with Crippen LogP contribution in [0.5, 0.6) is 0 Å². The smallest absolute Gasteiger partial charge is 0.220 e. The highest BCUT2D eigenvalue weighted by Gasteiger charge is 2.25. The van der Waals surface area contributed by atoms with Crippen LogP contribution in [-0.4, -0.2) is 50.4 Å². The minimum Gasteiger partial charge on any atom is -0.748 e. The molecule has 3 aromatic carbocycles. The zero-order valence-corrected chi connectivity index (χ0v) is 21.8. The first-order valence-electron chi connectivity index (χ1n) is 12.3. The monoisotopic (exact) mass is 507 g/mol. The van der Waals surface area contributed by atoms with Crippen LogP contribution < -0.4 is 16.0 Å². The highest BCUT2D eigenvalue weighted by atomic mass is 32.2. The van der Waals surface area contributed by atoms with Gasteiger partial charge in [-0.05, 0) is 49.2 Å². The van der Waals surface area contributed by atoms with E-state index in [1.165, 1.54) is 0 Å². The maximum Gasteiger partial charge on any atom is 0.220 e. The van der Waals surface area contributed by atoms with E-state index in [1.54, 1.807) is 0 Å². The zero-order valence-electron chi connectivity index (χ0n) is 21.0. The summed E-state index contributed by atoms with van der Waals surface area (Å²) in [6, 6.07) is 22.5. The third kappa shape index (κ3) is 6.13. The van der Waals surface area contributed by atoms with Crippen LogP contribution in [-0.2, 0) is 16.7 Å². The third-order valence-electron chi connectivity index (χ3n) is 6.77. The number of aryl methyl sites for hydroxylation is 1. The summed E-state index contributed by atoms with van der Waals surface area (Å²) in [5.41, 5.74) is 17.2. The molecule has 0 aliphatic carbocycles. The van der Waals surface area contributed by atoms with Gasteiger partial charge in [0.15, 0.2) is 6.54 Å². The number of fused-ring (bicyclic) bond motifs is 3. The molecular weight excluding hydrogens is 472 g/mol. The van der Waals surface area contributed by atoms with Crippen LogP contribution in [0.1, 0.15) is 19.3 Å². The van der Waals surface area contributed by atoms with Gasteiger partial charge in [-0.2, -0.15) is 4.57 Å². The molecule has 0 fully saturated rings. The molecule has 0 aliphatic heterocycles. The summed E-state index contributed by atoms with van der Waals surface area (Å²) in [5, 5.41) is 3.37. The summed E-state index contributed by atoms with van der Waals surface area (Å²) in [5.74, 6) is -0.295. The number of hydrogen-bond donors (Lipinski definition) is 2. The van der Waals surface area contributed by atoms with E-state index in [4.69, 9.17) is 11.5 Å². The van der Waals surface area contributed by atoms with E-state index >= 15 is 0 Å². The van der Waals surface area contributed by atoms with Crippen molar-refractivity contribution in [1.29, 1.82) is 0 Å². The van der Waals surface area contributed by atoms with Gasteiger partial charge in [-0.3, -0.25) is 0 Å². The van der Waals surface area contributed by atoms with Crippen LogP contribution in [0.25, 0.3) is 32.9 Å². The molecule has 1 aromatic heterocycles. The molecule has 0 radical (unpaired) electrons. The number of pyridine rings is 1. The second-order valence-electron chi connectivity index (χ2n) is 10.2. The number of rotatable bonds is 10. The van der Waals surface area contributed by atoms with Crippen molar-refractivity contribution in [3.63, 3.8) is 0 Å². The number of unbranched alkanes of at least 4 members (excludes halogenated alkanes) is 1. The summed E-state index contributed by atoms with van der Waals surface area (Å²) in [7, 11) is 0.138. The third-order valence-corrected chi connectivity index (χ3v) is 7.56. The summed E-state index contributed by atoms with van der Waals surface area (Å²) in [6.07, 6.45) is 2.01. The van der Waals surface area contributed by atoms with Gasteiger partial charge >= 0.3 is 0 Å². The molecule has 0 saturated carbocycles. The lowest BCUT2D eigenvalue weighted by atomic mass is 9.98. The number of anilines is 2. The minimum absolute atomic E-state index is 0.295. The first kappa shape index (κ1) is 25.9. The lowest BCUT2D eigenvalue weighted by Gasteiger charge is -2.29. The van der Waals surface area contributed by atoms with E-state index in [2.05, 4.69) is 42.9 Å². The predicted molar refractivity (Wildman–Crippen MR) is 146 cm³/mol. The fourth-order valence-electron chi connectivity index (χ4n) is 4.99. The molecule has 4 N–H and O–H groups in total. The molecule has 0 atom stereocenters. The Morgan fingerprint density at radius 2 is 1.44 bits per heavy atom. The normalized spacial score (nSPS) is 12.4. The maximum absolute atomic E-state index is 10.9. The molecule has 36 heavy (non-hydrogen) atoms. The van der Waals surface area contributed by atoms with Crippen molar-refractivity contribution < 1.29 is 22.0 Å². The van der Waals surface area contributed by atoms with Crippen LogP contribution in [0, 0.1) is 0 Å². The summed E-state index contributed by atoms with van der Waals surface area (Å²) >= 11 is 0. The molecule has 7 nitrogen and oxygen atoms in total. The molecule has 0 bridgehead atoms. The van der Waals surface area contributed by atoms with Crippen LogP contribution in [0.3, 0.4) is 0 Å². The van der Waals surface area contributed by atoms with Gasteiger partial charge in [0, 0.05) is 34.1 Å². The van der Waals surface area contributed by atoms with Crippen molar-refractivity contribution in [3.05, 3.63) is 66.7 Å². The first-order valence-corrected chi connectivity index (χ1v) is 13.9. The van der Waals surface area contributed by atoms with Gasteiger partial charge in [0.25, 0.3) is 0 Å². The molecule has 4 aromatic rings. The molecule has 8 heteroatoms. The highest BCUT2D eigenvalue weighted by Crippen LogP contribution is 2.33. The Balaban J connectivity index is 1.70. The van der Waals surface area contributed by atoms with Gasteiger partial charge in [-0.15, -0.1) is 0 Å². The van der Waals surface area contributed by atoms with E-state index in [1.807, 2.05) is 42.5 Å². The summed E-state index contributed by atoms with van der Waals surface area (Å²) < 4.78 is 35.8. The Kier molecular flexibility index (Phi) is 7.49. The Morgan fingerprint density at radius 1 is 0.806 bits per heavy atom. The molecule has 0 amide bonds. The Morgan fingerprint density at radius 3 is 2.14 bits per heavy atom. The summed E-state index contributed by atoms with van der Waals surface area (Å²) in [4.78, 5) is 0. The highest BCUT2D eigenvalue weighted by molar-refractivity contribution is 7.85. The standard InChI is InChI=1S/C28H34N4O3S/c1-32(2,16-6-7-18-36(33,34)35)17-8-15-31-27-20-23(30)12-14-25(27)24-13-11-22(29)19-26(24)28(31)21-9-4-3-5-10-21/h3-5,9-14,19-20,30H,6-8,15-18,29H2,1-2H3/p+1. The van der Waals surface area contributed by atoms with Crippen LogP contribution in [0.2, 0.25) is 0 Å². The quantitative estimate of drug-likeness (QED) is 0.0844.